The molecule has 0 amide bonds. The van der Waals surface area contributed by atoms with Gasteiger partial charge in [-0.2, -0.15) is 0 Å². The minimum Gasteiger partial charge on any atom is -0.616 e. The highest BCUT2D eigenvalue weighted by atomic mass is 32.2. The van der Waals surface area contributed by atoms with Crippen molar-refractivity contribution in [2.75, 3.05) is 17.6 Å². The number of thiophene rings is 1. The van der Waals surface area contributed by atoms with Crippen LogP contribution in [0.5, 0.6) is 0 Å². The van der Waals surface area contributed by atoms with Gasteiger partial charge in [0.1, 0.15) is 10.8 Å². The van der Waals surface area contributed by atoms with Crippen LogP contribution in [-0.2, 0) is 16.9 Å². The summed E-state index contributed by atoms with van der Waals surface area (Å²) in [5.41, 5.74) is 3.26. The minimum absolute atomic E-state index is 0.606. The van der Waals surface area contributed by atoms with Crippen LogP contribution in [0.4, 0.5) is 5.69 Å². The smallest absolute Gasteiger partial charge is 0.140 e. The van der Waals surface area contributed by atoms with Crippen LogP contribution in [0.1, 0.15) is 4.88 Å². The summed E-state index contributed by atoms with van der Waals surface area (Å²) in [7, 11) is 2.06. The van der Waals surface area contributed by atoms with Crippen molar-refractivity contribution in [3.63, 3.8) is 0 Å². The third kappa shape index (κ3) is 3.65. The van der Waals surface area contributed by atoms with Gasteiger partial charge in [-0.05, 0) is 35.5 Å². The average molecular weight is 420 g/mol. The fraction of sp³-hybridized carbons (Fsp3) is 0.167. The molecule has 0 saturated heterocycles. The molecule has 0 spiro atoms. The predicted octanol–water partition coefficient (Wildman–Crippen LogP) is 5.37. The van der Waals surface area contributed by atoms with Gasteiger partial charge in [-0.25, -0.2) is 4.98 Å². The highest BCUT2D eigenvalue weighted by molar-refractivity contribution is 8.00. The molecule has 4 rings (SSSR count). The molecule has 0 saturated carbocycles. The highest BCUT2D eigenvalue weighted by Crippen LogP contribution is 2.37. The van der Waals surface area contributed by atoms with E-state index in [1.54, 1.807) is 40.9 Å². The molecule has 4 aromatic rings. The van der Waals surface area contributed by atoms with Crippen molar-refractivity contribution in [1.29, 1.82) is 0 Å². The third-order valence-electron chi connectivity index (χ3n) is 3.91. The number of rotatable bonds is 6. The number of anilines is 1. The van der Waals surface area contributed by atoms with E-state index >= 15 is 0 Å². The van der Waals surface area contributed by atoms with E-state index < -0.39 is 11.2 Å². The molecule has 8 heteroatoms. The topological polar surface area (TPSA) is 55.0 Å². The number of benzene rings is 1. The highest BCUT2D eigenvalue weighted by Gasteiger charge is 2.16. The summed E-state index contributed by atoms with van der Waals surface area (Å²) in [5.74, 6) is 0.606. The van der Waals surface area contributed by atoms with Crippen LogP contribution in [0.15, 0.2) is 52.2 Å². The monoisotopic (exact) mass is 419 g/mol. The molecule has 1 atom stereocenters. The maximum absolute atomic E-state index is 11.6. The van der Waals surface area contributed by atoms with E-state index in [2.05, 4.69) is 57.0 Å². The second kappa shape index (κ2) is 7.66. The number of aromatic nitrogens is 2. The van der Waals surface area contributed by atoms with Crippen LogP contribution < -0.4 is 4.31 Å². The van der Waals surface area contributed by atoms with Gasteiger partial charge in [0.2, 0.25) is 0 Å². The van der Waals surface area contributed by atoms with Crippen molar-refractivity contribution >= 4 is 62.4 Å². The first kappa shape index (κ1) is 17.9. The fourth-order valence-corrected chi connectivity index (χ4v) is 6.51. The number of para-hydroxylation sites is 1. The summed E-state index contributed by atoms with van der Waals surface area (Å²) in [6.07, 6.45) is 3.57. The molecule has 26 heavy (non-hydrogen) atoms. The summed E-state index contributed by atoms with van der Waals surface area (Å²) >= 11 is 4.13. The minimum atomic E-state index is -0.834. The molecule has 0 radical (unpaired) electrons. The standard InChI is InChI=1S/C18H17N3OS4/c1-21(25-15-6-8-23-16(15)11-26(2)22)14-5-3-4-12-10-13(20-17(12)14)18-19-7-9-24-18/h3-10,20H,11H2,1-2H3. The van der Waals surface area contributed by atoms with Crippen LogP contribution in [0, 0.1) is 0 Å². The number of hydrogen-bond donors (Lipinski definition) is 1. The molecular weight excluding hydrogens is 402 g/mol. The number of fused-ring (bicyclic) bond motifs is 1. The number of nitrogens with zero attached hydrogens (tertiary/aromatic N) is 2. The lowest BCUT2D eigenvalue weighted by molar-refractivity contribution is 0.600. The van der Waals surface area contributed by atoms with Gasteiger partial charge in [0.25, 0.3) is 0 Å². The number of nitrogens with one attached hydrogen (secondary N) is 1. The molecule has 0 aliphatic rings. The van der Waals surface area contributed by atoms with Crippen LogP contribution in [0.25, 0.3) is 21.6 Å². The Labute approximate surface area is 167 Å². The summed E-state index contributed by atoms with van der Waals surface area (Å²) in [5, 5.41) is 6.21. The molecule has 3 aromatic heterocycles. The Kier molecular flexibility index (Phi) is 5.28. The Bertz CT molecular complexity index is 1010. The summed E-state index contributed by atoms with van der Waals surface area (Å²) in [6.45, 7) is 0. The summed E-state index contributed by atoms with van der Waals surface area (Å²) in [6, 6.07) is 10.5. The van der Waals surface area contributed by atoms with Crippen LogP contribution >= 0.6 is 34.6 Å². The third-order valence-corrected chi connectivity index (χ3v) is 7.69. The molecular formula is C18H17N3OS4. The van der Waals surface area contributed by atoms with Crippen LogP contribution in [0.2, 0.25) is 0 Å². The van der Waals surface area contributed by atoms with Gasteiger partial charge in [0.15, 0.2) is 0 Å². The van der Waals surface area contributed by atoms with E-state index in [1.807, 2.05) is 11.6 Å². The molecule has 1 unspecified atom stereocenters. The number of hydrogen-bond acceptors (Lipinski definition) is 6. The average Bonchev–Trinajstić information content (AvgIpc) is 3.34. The molecule has 3 heterocycles. The van der Waals surface area contributed by atoms with E-state index in [0.717, 1.165) is 26.8 Å². The first-order valence-electron chi connectivity index (χ1n) is 7.91. The van der Waals surface area contributed by atoms with E-state index in [1.165, 1.54) is 10.3 Å². The lowest BCUT2D eigenvalue weighted by Crippen LogP contribution is -2.07. The zero-order valence-corrected chi connectivity index (χ0v) is 17.5. The molecule has 1 N–H and O–H groups in total. The van der Waals surface area contributed by atoms with E-state index in [9.17, 15) is 4.55 Å². The van der Waals surface area contributed by atoms with Crippen LogP contribution in [0.3, 0.4) is 0 Å². The lowest BCUT2D eigenvalue weighted by atomic mass is 10.2. The van der Waals surface area contributed by atoms with Crippen molar-refractivity contribution in [3.8, 4) is 10.7 Å². The Morgan fingerprint density at radius 3 is 2.92 bits per heavy atom. The van der Waals surface area contributed by atoms with Crippen molar-refractivity contribution in [2.45, 2.75) is 10.6 Å². The van der Waals surface area contributed by atoms with Gasteiger partial charge in [-0.15, -0.1) is 22.7 Å². The first-order chi connectivity index (χ1) is 12.6. The van der Waals surface area contributed by atoms with Crippen molar-refractivity contribution in [2.24, 2.45) is 0 Å². The molecule has 0 aliphatic carbocycles. The molecule has 134 valence electrons. The predicted molar refractivity (Wildman–Crippen MR) is 116 cm³/mol. The first-order valence-corrected chi connectivity index (χ1v) is 12.2. The quantitative estimate of drug-likeness (QED) is 0.337. The molecule has 0 bridgehead atoms. The van der Waals surface area contributed by atoms with E-state index in [0.29, 0.717) is 5.75 Å². The Morgan fingerprint density at radius 1 is 1.27 bits per heavy atom. The van der Waals surface area contributed by atoms with E-state index in [4.69, 9.17) is 0 Å². The molecule has 0 aliphatic heterocycles. The molecule has 1 aromatic carbocycles. The number of thiazole rings is 1. The van der Waals surface area contributed by atoms with Gasteiger partial charge in [0, 0.05) is 28.9 Å². The van der Waals surface area contributed by atoms with Crippen molar-refractivity contribution < 1.29 is 4.55 Å². The lowest BCUT2D eigenvalue weighted by Gasteiger charge is -2.19. The maximum atomic E-state index is 11.6. The molecule has 4 nitrogen and oxygen atoms in total. The molecule has 0 fully saturated rings. The van der Waals surface area contributed by atoms with Gasteiger partial charge < -0.3 is 13.8 Å². The maximum Gasteiger partial charge on any atom is 0.140 e. The van der Waals surface area contributed by atoms with Crippen molar-refractivity contribution in [3.05, 3.63) is 52.2 Å². The van der Waals surface area contributed by atoms with Crippen LogP contribution in [-0.4, -0.2) is 27.8 Å². The Hall–Kier alpha value is -1.45. The second-order valence-corrected chi connectivity index (χ2v) is 10.3. The van der Waals surface area contributed by atoms with Gasteiger partial charge in [-0.1, -0.05) is 23.3 Å². The largest absolute Gasteiger partial charge is 0.616 e. The zero-order chi connectivity index (χ0) is 18.1. The Morgan fingerprint density at radius 2 is 2.15 bits per heavy atom. The van der Waals surface area contributed by atoms with E-state index in [-0.39, 0.29) is 0 Å². The van der Waals surface area contributed by atoms with Gasteiger partial charge in [0.05, 0.1) is 28.0 Å². The second-order valence-electron chi connectivity index (χ2n) is 5.78. The van der Waals surface area contributed by atoms with Gasteiger partial charge in [-0.3, -0.25) is 0 Å². The summed E-state index contributed by atoms with van der Waals surface area (Å²) < 4.78 is 13.8. The number of H-pyrrole nitrogens is 1. The number of aromatic amines is 1. The summed E-state index contributed by atoms with van der Waals surface area (Å²) in [4.78, 5) is 10.3. The van der Waals surface area contributed by atoms with Gasteiger partial charge >= 0.3 is 0 Å². The van der Waals surface area contributed by atoms with Crippen molar-refractivity contribution in [1.82, 2.24) is 9.97 Å². The normalized spacial score (nSPS) is 12.6. The SMILES string of the molecule is CN(Sc1ccsc1C[S+](C)[O-])c1cccc2cc(-c3nccs3)[nH]c12. The Balaban J connectivity index is 1.65. The fourth-order valence-electron chi connectivity index (χ4n) is 2.77. The zero-order valence-electron chi connectivity index (χ0n) is 14.3.